The summed E-state index contributed by atoms with van der Waals surface area (Å²) in [6, 6.07) is 6.07. The van der Waals surface area contributed by atoms with E-state index in [1.165, 1.54) is 24.3 Å². The quantitative estimate of drug-likeness (QED) is 0.433. The molecule has 0 aliphatic heterocycles. The summed E-state index contributed by atoms with van der Waals surface area (Å²) in [7, 11) is -3.55. The van der Waals surface area contributed by atoms with Crippen LogP contribution < -0.4 is 14.8 Å². The number of halogens is 3. The number of aromatic nitrogens is 1. The second kappa shape index (κ2) is 8.17. The first-order valence-corrected chi connectivity index (χ1v) is 11.3. The van der Waals surface area contributed by atoms with E-state index in [2.05, 4.69) is 10.0 Å². The van der Waals surface area contributed by atoms with Crippen LogP contribution in [-0.4, -0.2) is 20.6 Å². The average molecular weight is 474 g/mol. The van der Waals surface area contributed by atoms with Crippen molar-refractivity contribution in [2.75, 3.05) is 16.3 Å². The van der Waals surface area contributed by atoms with E-state index >= 15 is 0 Å². The fourth-order valence-corrected chi connectivity index (χ4v) is 4.41. The number of pyridine rings is 1. The second-order valence-corrected chi connectivity index (χ2v) is 9.76. The van der Waals surface area contributed by atoms with Crippen LogP contribution in [0.1, 0.15) is 14.5 Å². The Morgan fingerprint density at radius 3 is 2.47 bits per heavy atom. The molecule has 0 spiro atoms. The highest BCUT2D eigenvalue weighted by Crippen LogP contribution is 2.32. The van der Waals surface area contributed by atoms with Crippen molar-refractivity contribution in [2.45, 2.75) is 6.92 Å². The molecule has 3 aromatic rings. The van der Waals surface area contributed by atoms with Gasteiger partial charge >= 0.3 is 0 Å². The van der Waals surface area contributed by atoms with Gasteiger partial charge in [-0.05, 0) is 31.2 Å². The zero-order chi connectivity index (χ0) is 22.2. The summed E-state index contributed by atoms with van der Waals surface area (Å²) in [5.74, 6) is -2.65. The molecule has 30 heavy (non-hydrogen) atoms. The molecule has 0 saturated heterocycles. The van der Waals surface area contributed by atoms with Crippen LogP contribution >= 0.6 is 22.9 Å². The van der Waals surface area contributed by atoms with E-state index in [9.17, 15) is 27.2 Å². The minimum atomic E-state index is -3.55. The van der Waals surface area contributed by atoms with Crippen molar-refractivity contribution in [1.29, 1.82) is 0 Å². The monoisotopic (exact) mass is 473 g/mol. The number of amides is 1. The second-order valence-electron chi connectivity index (χ2n) is 6.32. The number of nitrogens with zero attached hydrogens (tertiary/aromatic N) is 1. The fraction of sp³-hybridized carbons (Fsp3) is 0.111. The van der Waals surface area contributed by atoms with Gasteiger partial charge in [0.2, 0.25) is 16.2 Å². The highest BCUT2D eigenvalue weighted by molar-refractivity contribution is 7.92. The first-order valence-electron chi connectivity index (χ1n) is 8.21. The summed E-state index contributed by atoms with van der Waals surface area (Å²) in [6.07, 6.45) is 1.57. The molecular formula is C18H14ClF2N3O4S2. The summed E-state index contributed by atoms with van der Waals surface area (Å²) in [5.41, 5.74) is 0.136. The lowest BCUT2D eigenvalue weighted by molar-refractivity contribution is -0.597. The van der Waals surface area contributed by atoms with Gasteiger partial charge in [0.1, 0.15) is 0 Å². The Morgan fingerprint density at radius 2 is 1.83 bits per heavy atom. The zero-order valence-corrected chi connectivity index (χ0v) is 17.9. The maximum absolute atomic E-state index is 14.1. The van der Waals surface area contributed by atoms with Gasteiger partial charge in [0, 0.05) is 21.7 Å². The molecule has 2 heterocycles. The van der Waals surface area contributed by atoms with E-state index in [0.717, 1.165) is 17.6 Å². The maximum Gasteiger partial charge on any atom is 0.265 e. The predicted molar refractivity (Wildman–Crippen MR) is 111 cm³/mol. The molecule has 1 aromatic carbocycles. The zero-order valence-electron chi connectivity index (χ0n) is 15.5. The Morgan fingerprint density at radius 1 is 1.17 bits per heavy atom. The number of aryl methyl sites for hydroxylation is 1. The molecule has 2 aromatic heterocycles. The highest BCUT2D eigenvalue weighted by atomic mass is 35.5. The van der Waals surface area contributed by atoms with Crippen molar-refractivity contribution in [3.05, 3.63) is 68.1 Å². The van der Waals surface area contributed by atoms with Crippen molar-refractivity contribution in [3.8, 4) is 11.3 Å². The summed E-state index contributed by atoms with van der Waals surface area (Å²) >= 11 is 6.98. The van der Waals surface area contributed by atoms with Crippen LogP contribution in [0.15, 0.2) is 36.5 Å². The first-order chi connectivity index (χ1) is 13.9. The van der Waals surface area contributed by atoms with Crippen molar-refractivity contribution in [3.63, 3.8) is 0 Å². The van der Waals surface area contributed by atoms with E-state index in [4.69, 9.17) is 11.6 Å². The molecule has 0 atom stereocenters. The molecule has 0 fully saturated rings. The van der Waals surface area contributed by atoms with E-state index in [1.807, 2.05) is 0 Å². The lowest BCUT2D eigenvalue weighted by Crippen LogP contribution is -2.30. The number of thiophene rings is 1. The van der Waals surface area contributed by atoms with Crippen LogP contribution in [0.2, 0.25) is 5.02 Å². The number of hydrogen-bond donors (Lipinski definition) is 2. The molecule has 2 N–H and O–H groups in total. The SMILES string of the molecule is Cc1sc(C(=O)Nc2cc(Cl)cc(NS(C)(=O)=O)c2)cc1-c1c(F)cc(F)c[n+]1[O-]. The van der Waals surface area contributed by atoms with Crippen molar-refractivity contribution < 1.29 is 26.7 Å². The van der Waals surface area contributed by atoms with Gasteiger partial charge in [-0.15, -0.1) is 11.3 Å². The van der Waals surface area contributed by atoms with E-state index in [-0.39, 0.29) is 31.6 Å². The lowest BCUT2D eigenvalue weighted by atomic mass is 10.1. The normalized spacial score (nSPS) is 11.4. The molecular weight excluding hydrogens is 460 g/mol. The summed E-state index contributed by atoms with van der Waals surface area (Å²) in [6.45, 7) is 1.59. The molecule has 0 bridgehead atoms. The Hall–Kier alpha value is -2.76. The molecule has 0 aliphatic rings. The van der Waals surface area contributed by atoms with Gasteiger partial charge in [-0.3, -0.25) is 9.52 Å². The van der Waals surface area contributed by atoms with E-state index in [0.29, 0.717) is 17.1 Å². The predicted octanol–water partition coefficient (Wildman–Crippen LogP) is 3.91. The first kappa shape index (κ1) is 21.9. The summed E-state index contributed by atoms with van der Waals surface area (Å²) < 4.78 is 52.4. The number of anilines is 2. The van der Waals surface area contributed by atoms with Gasteiger partial charge in [0.15, 0.2) is 11.6 Å². The number of carbonyl (C=O) groups excluding carboxylic acids is 1. The van der Waals surface area contributed by atoms with Gasteiger partial charge in [0.05, 0.1) is 22.4 Å². The molecule has 0 unspecified atom stereocenters. The third-order valence-electron chi connectivity index (χ3n) is 3.81. The Balaban J connectivity index is 1.91. The third kappa shape index (κ3) is 5.04. The molecule has 158 valence electrons. The molecule has 0 radical (unpaired) electrons. The molecule has 3 rings (SSSR count). The number of hydrogen-bond acceptors (Lipinski definition) is 5. The van der Waals surface area contributed by atoms with Crippen LogP contribution in [-0.2, 0) is 10.0 Å². The lowest BCUT2D eigenvalue weighted by Gasteiger charge is -2.09. The number of rotatable bonds is 5. The standard InChI is InChI=1S/C18H14ClF2N3O4S2/c1-9-14(17-15(21)5-11(20)8-24(17)26)7-16(29-9)18(25)22-12-3-10(19)4-13(6-12)23-30(2,27)28/h3-8,23H,1-2H3,(H,22,25). The van der Waals surface area contributed by atoms with Crippen molar-refractivity contribution in [2.24, 2.45) is 0 Å². The number of carbonyl (C=O) groups is 1. The number of benzene rings is 1. The Bertz CT molecular complexity index is 1240. The average Bonchev–Trinajstić information content (AvgIpc) is 2.93. The third-order valence-corrected chi connectivity index (χ3v) is 5.68. The van der Waals surface area contributed by atoms with Crippen LogP contribution in [0.3, 0.4) is 0 Å². The maximum atomic E-state index is 14.1. The minimum absolute atomic E-state index is 0.0709. The highest BCUT2D eigenvalue weighted by Gasteiger charge is 2.24. The molecule has 0 saturated carbocycles. The van der Waals surface area contributed by atoms with Gasteiger partial charge in [0.25, 0.3) is 11.6 Å². The Kier molecular flexibility index (Phi) is 5.97. The van der Waals surface area contributed by atoms with E-state index in [1.54, 1.807) is 6.92 Å². The molecule has 1 amide bonds. The van der Waals surface area contributed by atoms with Crippen molar-refractivity contribution >= 4 is 50.2 Å². The van der Waals surface area contributed by atoms with Crippen LogP contribution in [0, 0.1) is 23.8 Å². The van der Waals surface area contributed by atoms with Crippen LogP contribution in [0.25, 0.3) is 11.3 Å². The Labute approximate surface area is 179 Å². The van der Waals surface area contributed by atoms with Crippen molar-refractivity contribution in [1.82, 2.24) is 0 Å². The number of sulfonamides is 1. The fourth-order valence-electron chi connectivity index (χ4n) is 2.71. The van der Waals surface area contributed by atoms with Gasteiger partial charge in [-0.2, -0.15) is 9.12 Å². The number of nitrogens with one attached hydrogen (secondary N) is 2. The topological polar surface area (TPSA) is 102 Å². The van der Waals surface area contributed by atoms with E-state index < -0.39 is 33.3 Å². The molecule has 7 nitrogen and oxygen atoms in total. The largest absolute Gasteiger partial charge is 0.618 e. The smallest absolute Gasteiger partial charge is 0.265 e. The van der Waals surface area contributed by atoms with Gasteiger partial charge < -0.3 is 10.5 Å². The van der Waals surface area contributed by atoms with Crippen LogP contribution in [0.4, 0.5) is 20.2 Å². The minimum Gasteiger partial charge on any atom is -0.618 e. The van der Waals surface area contributed by atoms with Gasteiger partial charge in [-0.1, -0.05) is 11.6 Å². The molecule has 12 heteroatoms. The summed E-state index contributed by atoms with van der Waals surface area (Å²) in [5, 5.41) is 14.7. The van der Waals surface area contributed by atoms with Gasteiger partial charge in [-0.25, -0.2) is 12.8 Å². The van der Waals surface area contributed by atoms with Crippen LogP contribution in [0.5, 0.6) is 0 Å². The molecule has 0 aliphatic carbocycles. The summed E-state index contributed by atoms with van der Waals surface area (Å²) in [4.78, 5) is 13.3.